The molecule has 0 amide bonds. The van der Waals surface area contributed by atoms with Gasteiger partial charge >= 0.3 is 0 Å². The molecule has 0 aliphatic carbocycles. The van der Waals surface area contributed by atoms with Crippen LogP contribution in [-0.4, -0.2) is 12.2 Å². The van der Waals surface area contributed by atoms with Crippen molar-refractivity contribution in [3.8, 4) is 0 Å². The minimum atomic E-state index is 0.380. The van der Waals surface area contributed by atoms with Crippen LogP contribution in [0.3, 0.4) is 0 Å². The second-order valence-corrected chi connectivity index (χ2v) is 2.40. The Balaban J connectivity index is 3.10. The molecule has 0 aliphatic rings. The normalized spacial score (nSPS) is 14.6. The number of rotatable bonds is 3. The van der Waals surface area contributed by atoms with Crippen LogP contribution in [0.1, 0.15) is 34.1 Å². The highest BCUT2D eigenvalue weighted by atomic mass is 16.5. The zero-order valence-electron chi connectivity index (χ0n) is 6.27. The third kappa shape index (κ3) is 4.13. The minimum Gasteiger partial charge on any atom is -0.376 e. The largest absolute Gasteiger partial charge is 0.376 e. The second kappa shape index (κ2) is 3.90. The lowest BCUT2D eigenvalue weighted by molar-refractivity contribution is 0.0172. The van der Waals surface area contributed by atoms with Crippen LogP contribution in [-0.2, 0) is 4.74 Å². The average Bonchev–Trinajstić information content (AvgIpc) is 1.65. The molecule has 0 saturated carbocycles. The van der Waals surface area contributed by atoms with Crippen LogP contribution in [0.15, 0.2) is 0 Å². The fourth-order valence-corrected chi connectivity index (χ4v) is 0.561. The predicted molar refractivity (Wildman–Crippen MR) is 36.0 cm³/mol. The molecule has 0 aromatic rings. The summed E-state index contributed by atoms with van der Waals surface area (Å²) >= 11 is 0. The van der Waals surface area contributed by atoms with E-state index < -0.39 is 0 Å². The van der Waals surface area contributed by atoms with E-state index in [9.17, 15) is 0 Å². The van der Waals surface area contributed by atoms with Crippen LogP contribution in [0, 0.1) is 0 Å². The van der Waals surface area contributed by atoms with E-state index in [1.807, 2.05) is 0 Å². The maximum absolute atomic E-state index is 5.40. The van der Waals surface area contributed by atoms with Crippen molar-refractivity contribution in [2.45, 2.75) is 46.3 Å². The van der Waals surface area contributed by atoms with Crippen LogP contribution < -0.4 is 0 Å². The highest BCUT2D eigenvalue weighted by Crippen LogP contribution is 1.99. The molecule has 0 heterocycles. The van der Waals surface area contributed by atoms with Crippen molar-refractivity contribution in [2.75, 3.05) is 0 Å². The van der Waals surface area contributed by atoms with E-state index in [4.69, 9.17) is 4.74 Å². The van der Waals surface area contributed by atoms with Crippen LogP contribution in [0.25, 0.3) is 0 Å². The zero-order chi connectivity index (χ0) is 6.57. The summed E-state index contributed by atoms with van der Waals surface area (Å²) in [4.78, 5) is 0. The first-order chi connectivity index (χ1) is 3.66. The molecule has 0 unspecified atom stereocenters. The molecule has 50 valence electrons. The van der Waals surface area contributed by atoms with Crippen molar-refractivity contribution in [3.05, 3.63) is 0 Å². The van der Waals surface area contributed by atoms with Gasteiger partial charge in [-0.15, -0.1) is 0 Å². The number of hydrogen-bond acceptors (Lipinski definition) is 1. The lowest BCUT2D eigenvalue weighted by Crippen LogP contribution is -2.12. The molecule has 1 heteroatoms. The summed E-state index contributed by atoms with van der Waals surface area (Å²) in [6.45, 7) is 8.35. The maximum Gasteiger partial charge on any atom is 0.0547 e. The van der Waals surface area contributed by atoms with E-state index in [-0.39, 0.29) is 0 Å². The van der Waals surface area contributed by atoms with Crippen LogP contribution in [0.5, 0.6) is 0 Å². The molecule has 0 bridgehead atoms. The van der Waals surface area contributed by atoms with Gasteiger partial charge in [-0.1, -0.05) is 6.92 Å². The first kappa shape index (κ1) is 7.96. The summed E-state index contributed by atoms with van der Waals surface area (Å²) in [7, 11) is 0. The van der Waals surface area contributed by atoms with Crippen LogP contribution in [0.4, 0.5) is 0 Å². The highest BCUT2D eigenvalue weighted by Gasteiger charge is 1.99. The van der Waals surface area contributed by atoms with Gasteiger partial charge in [-0.25, -0.2) is 0 Å². The first-order valence-corrected chi connectivity index (χ1v) is 3.32. The fraction of sp³-hybridized carbons (Fsp3) is 1.00. The Morgan fingerprint density at radius 2 is 1.75 bits per heavy atom. The quantitative estimate of drug-likeness (QED) is 0.549. The lowest BCUT2D eigenvalue weighted by Gasteiger charge is -2.12. The second-order valence-electron chi connectivity index (χ2n) is 2.40. The first-order valence-electron chi connectivity index (χ1n) is 3.32. The molecule has 0 spiro atoms. The standard InChI is InChI=1S/C7H16O/c1-5-7(4)8-6(2)3/h6-7H,5H2,1-4H3/t7-/m0/s1. The zero-order valence-corrected chi connectivity index (χ0v) is 6.27. The van der Waals surface area contributed by atoms with Gasteiger partial charge in [0.25, 0.3) is 0 Å². The SMILES string of the molecule is CC[C@H](C)OC(C)C. The average molecular weight is 116 g/mol. The summed E-state index contributed by atoms with van der Waals surface area (Å²) < 4.78 is 5.40. The Hall–Kier alpha value is -0.0400. The van der Waals surface area contributed by atoms with E-state index in [1.54, 1.807) is 0 Å². The molecular formula is C7H16O. The van der Waals surface area contributed by atoms with Gasteiger partial charge in [-0.05, 0) is 27.2 Å². The Labute approximate surface area is 52.0 Å². The Morgan fingerprint density at radius 1 is 1.25 bits per heavy atom. The van der Waals surface area contributed by atoms with Gasteiger partial charge in [-0.3, -0.25) is 0 Å². The lowest BCUT2D eigenvalue weighted by atomic mass is 10.3. The topological polar surface area (TPSA) is 9.23 Å². The smallest absolute Gasteiger partial charge is 0.0547 e. The van der Waals surface area contributed by atoms with Crippen molar-refractivity contribution >= 4 is 0 Å². The van der Waals surface area contributed by atoms with Crippen molar-refractivity contribution in [1.82, 2.24) is 0 Å². The molecule has 1 nitrogen and oxygen atoms in total. The van der Waals surface area contributed by atoms with E-state index >= 15 is 0 Å². The number of hydrogen-bond donors (Lipinski definition) is 0. The van der Waals surface area contributed by atoms with Crippen LogP contribution >= 0.6 is 0 Å². The Morgan fingerprint density at radius 3 is 1.88 bits per heavy atom. The Bertz CT molecular complexity index is 50.3. The molecule has 0 aromatic heterocycles. The molecular weight excluding hydrogens is 100 g/mol. The predicted octanol–water partition coefficient (Wildman–Crippen LogP) is 2.21. The van der Waals surface area contributed by atoms with Crippen molar-refractivity contribution in [3.63, 3.8) is 0 Å². The van der Waals surface area contributed by atoms with E-state index in [0.717, 1.165) is 6.42 Å². The highest BCUT2D eigenvalue weighted by molar-refractivity contribution is 4.46. The molecule has 0 radical (unpaired) electrons. The molecule has 0 saturated heterocycles. The van der Waals surface area contributed by atoms with Gasteiger partial charge in [0.2, 0.25) is 0 Å². The van der Waals surface area contributed by atoms with Crippen LogP contribution in [0.2, 0.25) is 0 Å². The fourth-order valence-electron chi connectivity index (χ4n) is 0.561. The maximum atomic E-state index is 5.40. The van der Waals surface area contributed by atoms with Gasteiger partial charge in [0.1, 0.15) is 0 Å². The summed E-state index contributed by atoms with van der Waals surface area (Å²) in [6.07, 6.45) is 1.91. The van der Waals surface area contributed by atoms with E-state index in [0.29, 0.717) is 12.2 Å². The molecule has 0 N–H and O–H groups in total. The molecule has 8 heavy (non-hydrogen) atoms. The third-order valence-corrected chi connectivity index (χ3v) is 1.08. The van der Waals surface area contributed by atoms with Crippen molar-refractivity contribution in [1.29, 1.82) is 0 Å². The Kier molecular flexibility index (Phi) is 3.88. The van der Waals surface area contributed by atoms with Gasteiger partial charge < -0.3 is 4.74 Å². The van der Waals surface area contributed by atoms with E-state index in [2.05, 4.69) is 27.7 Å². The van der Waals surface area contributed by atoms with Gasteiger partial charge in [0.05, 0.1) is 12.2 Å². The molecule has 0 rings (SSSR count). The van der Waals surface area contributed by atoms with E-state index in [1.165, 1.54) is 0 Å². The molecule has 0 aromatic carbocycles. The van der Waals surface area contributed by atoms with Crippen molar-refractivity contribution in [2.24, 2.45) is 0 Å². The van der Waals surface area contributed by atoms with Gasteiger partial charge in [-0.2, -0.15) is 0 Å². The summed E-state index contributed by atoms with van der Waals surface area (Å²) in [5.74, 6) is 0. The van der Waals surface area contributed by atoms with Gasteiger partial charge in [0, 0.05) is 0 Å². The van der Waals surface area contributed by atoms with Crippen molar-refractivity contribution < 1.29 is 4.74 Å². The summed E-state index contributed by atoms with van der Waals surface area (Å²) in [5.41, 5.74) is 0. The molecule has 0 aliphatic heterocycles. The monoisotopic (exact) mass is 116 g/mol. The third-order valence-electron chi connectivity index (χ3n) is 1.08. The molecule has 0 fully saturated rings. The number of ether oxygens (including phenoxy) is 1. The minimum absolute atomic E-state index is 0.380. The summed E-state index contributed by atoms with van der Waals surface area (Å²) in [5, 5.41) is 0. The summed E-state index contributed by atoms with van der Waals surface area (Å²) in [6, 6.07) is 0. The van der Waals surface area contributed by atoms with Gasteiger partial charge in [0.15, 0.2) is 0 Å². The molecule has 1 atom stereocenters.